The number of thioether (sulfide) groups is 1. The van der Waals surface area contributed by atoms with Crippen LogP contribution in [0.2, 0.25) is 0 Å². The zero-order valence-electron chi connectivity index (χ0n) is 18.1. The summed E-state index contributed by atoms with van der Waals surface area (Å²) in [4.78, 5) is 20.5. The summed E-state index contributed by atoms with van der Waals surface area (Å²) in [7, 11) is 0. The van der Waals surface area contributed by atoms with Crippen molar-refractivity contribution in [2.75, 3.05) is 12.4 Å². The Morgan fingerprint density at radius 3 is 2.52 bits per heavy atom. The number of benzene rings is 2. The van der Waals surface area contributed by atoms with Gasteiger partial charge in [0.15, 0.2) is 5.16 Å². The Balaban J connectivity index is 1.64. The van der Waals surface area contributed by atoms with Crippen LogP contribution in [-0.2, 0) is 13.0 Å². The quantitative estimate of drug-likeness (QED) is 0.192. The van der Waals surface area contributed by atoms with Crippen molar-refractivity contribution in [1.29, 1.82) is 0 Å². The van der Waals surface area contributed by atoms with E-state index in [1.54, 1.807) is 23.1 Å². The van der Waals surface area contributed by atoms with Crippen molar-refractivity contribution in [2.24, 2.45) is 0 Å². The zero-order valence-corrected chi connectivity index (χ0v) is 19.7. The minimum atomic E-state index is 0.0468. The van der Waals surface area contributed by atoms with Crippen molar-refractivity contribution in [3.8, 4) is 5.75 Å². The highest BCUT2D eigenvalue weighted by atomic mass is 32.2. The van der Waals surface area contributed by atoms with Crippen molar-refractivity contribution in [2.45, 2.75) is 38.9 Å². The Hall–Kier alpha value is -2.57. The largest absolute Gasteiger partial charge is 0.493 e. The maximum absolute atomic E-state index is 13.5. The number of nitrogens with zero attached hydrogens (tertiary/aromatic N) is 2. The lowest BCUT2D eigenvalue weighted by atomic mass is 10.1. The minimum Gasteiger partial charge on any atom is -0.493 e. The van der Waals surface area contributed by atoms with Gasteiger partial charge in [-0.15, -0.1) is 11.3 Å². The van der Waals surface area contributed by atoms with Gasteiger partial charge in [0.25, 0.3) is 5.56 Å². The molecule has 4 rings (SSSR count). The molecule has 0 aliphatic heterocycles. The Morgan fingerprint density at radius 1 is 1.06 bits per heavy atom. The summed E-state index contributed by atoms with van der Waals surface area (Å²) in [6.45, 7) is 7.30. The van der Waals surface area contributed by atoms with Gasteiger partial charge in [-0.25, -0.2) is 4.98 Å². The fourth-order valence-corrected chi connectivity index (χ4v) is 5.49. The molecule has 0 bridgehead atoms. The predicted octanol–water partition coefficient (Wildman–Crippen LogP) is 5.86. The Morgan fingerprint density at radius 2 is 1.81 bits per heavy atom. The highest BCUT2D eigenvalue weighted by Crippen LogP contribution is 2.29. The first-order chi connectivity index (χ1) is 15.1. The number of rotatable bonds is 8. The van der Waals surface area contributed by atoms with E-state index in [1.807, 2.05) is 41.8 Å². The van der Waals surface area contributed by atoms with Crippen LogP contribution in [0.1, 0.15) is 28.5 Å². The second-order valence-electron chi connectivity index (χ2n) is 7.47. The second kappa shape index (κ2) is 9.71. The van der Waals surface area contributed by atoms with Gasteiger partial charge in [0.1, 0.15) is 10.6 Å². The molecule has 6 heteroatoms. The molecular weight excluding hydrogens is 424 g/mol. The number of hydrogen-bond donors (Lipinski definition) is 0. The third kappa shape index (κ3) is 4.86. The molecule has 0 saturated carbocycles. The van der Waals surface area contributed by atoms with Crippen LogP contribution in [0.3, 0.4) is 0 Å². The fourth-order valence-electron chi connectivity index (χ4n) is 3.52. The van der Waals surface area contributed by atoms with Crippen molar-refractivity contribution in [3.63, 3.8) is 0 Å². The minimum absolute atomic E-state index is 0.0468. The summed E-state index contributed by atoms with van der Waals surface area (Å²) >= 11 is 3.21. The number of thiophene rings is 1. The monoisotopic (exact) mass is 450 g/mol. The summed E-state index contributed by atoms with van der Waals surface area (Å²) in [5.41, 5.74) is 3.42. The highest BCUT2D eigenvalue weighted by molar-refractivity contribution is 7.99. The third-order valence-corrected chi connectivity index (χ3v) is 7.49. The molecule has 0 spiro atoms. The zero-order chi connectivity index (χ0) is 21.8. The summed E-state index contributed by atoms with van der Waals surface area (Å²) in [6, 6.07) is 18.1. The van der Waals surface area contributed by atoms with E-state index >= 15 is 0 Å². The molecule has 0 N–H and O–H groups in total. The van der Waals surface area contributed by atoms with Crippen molar-refractivity contribution >= 4 is 33.3 Å². The van der Waals surface area contributed by atoms with Crippen LogP contribution >= 0.6 is 23.1 Å². The Bertz CT molecular complexity index is 1230. The molecule has 0 unspecified atom stereocenters. The van der Waals surface area contributed by atoms with E-state index in [2.05, 4.69) is 38.1 Å². The van der Waals surface area contributed by atoms with Crippen LogP contribution in [-0.4, -0.2) is 21.9 Å². The predicted molar refractivity (Wildman–Crippen MR) is 131 cm³/mol. The SMILES string of the molecule is CCc1sc2nc(SCCOc3ccccc3)n(Cc3ccc(C)cc3)c(=O)c2c1C. The number of para-hydroxylation sites is 1. The van der Waals surface area contributed by atoms with Gasteiger partial charge in [-0.05, 0) is 43.5 Å². The summed E-state index contributed by atoms with van der Waals surface area (Å²) in [5, 5.41) is 1.51. The molecule has 0 radical (unpaired) electrons. The number of hydrogen-bond acceptors (Lipinski definition) is 5. The molecule has 0 amide bonds. The second-order valence-corrected chi connectivity index (χ2v) is 9.61. The molecule has 0 fully saturated rings. The molecule has 0 atom stereocenters. The van der Waals surface area contributed by atoms with Gasteiger partial charge in [0.2, 0.25) is 0 Å². The van der Waals surface area contributed by atoms with Gasteiger partial charge in [-0.1, -0.05) is 66.7 Å². The number of ether oxygens (including phenoxy) is 1. The molecule has 2 aromatic heterocycles. The molecule has 0 aliphatic carbocycles. The van der Waals surface area contributed by atoms with Crippen LogP contribution in [0.4, 0.5) is 0 Å². The average molecular weight is 451 g/mol. The fraction of sp³-hybridized carbons (Fsp3) is 0.280. The van der Waals surface area contributed by atoms with E-state index in [4.69, 9.17) is 9.72 Å². The molecule has 2 heterocycles. The number of aromatic nitrogens is 2. The Kier molecular flexibility index (Phi) is 6.78. The van der Waals surface area contributed by atoms with Gasteiger partial charge >= 0.3 is 0 Å². The van der Waals surface area contributed by atoms with Crippen LogP contribution < -0.4 is 10.3 Å². The van der Waals surface area contributed by atoms with Crippen molar-refractivity contribution in [1.82, 2.24) is 9.55 Å². The molecule has 2 aromatic carbocycles. The van der Waals surface area contributed by atoms with Gasteiger partial charge in [-0.2, -0.15) is 0 Å². The van der Waals surface area contributed by atoms with Crippen LogP contribution in [0.25, 0.3) is 10.2 Å². The first-order valence-electron chi connectivity index (χ1n) is 10.5. The lowest BCUT2D eigenvalue weighted by molar-refractivity contribution is 0.344. The van der Waals surface area contributed by atoms with Gasteiger partial charge in [0.05, 0.1) is 18.5 Å². The van der Waals surface area contributed by atoms with Crippen LogP contribution in [0.15, 0.2) is 64.5 Å². The molecular formula is C25H26N2O2S2. The highest BCUT2D eigenvalue weighted by Gasteiger charge is 2.18. The van der Waals surface area contributed by atoms with Crippen molar-refractivity contribution in [3.05, 3.63) is 86.5 Å². The number of aryl methyl sites for hydroxylation is 3. The smallest absolute Gasteiger partial charge is 0.263 e. The van der Waals surface area contributed by atoms with E-state index in [0.29, 0.717) is 18.9 Å². The average Bonchev–Trinajstić information content (AvgIpc) is 3.11. The maximum atomic E-state index is 13.5. The number of fused-ring (bicyclic) bond motifs is 1. The Labute approximate surface area is 190 Å². The van der Waals surface area contributed by atoms with Gasteiger partial charge < -0.3 is 4.74 Å². The normalized spacial score (nSPS) is 11.2. The molecule has 31 heavy (non-hydrogen) atoms. The summed E-state index contributed by atoms with van der Waals surface area (Å²) < 4.78 is 7.64. The van der Waals surface area contributed by atoms with Crippen molar-refractivity contribution < 1.29 is 4.74 Å². The molecule has 0 aliphatic rings. The van der Waals surface area contributed by atoms with E-state index in [1.165, 1.54) is 10.4 Å². The first-order valence-corrected chi connectivity index (χ1v) is 12.3. The standard InChI is InChI=1S/C25H26N2O2S2/c1-4-21-18(3)22-23(31-21)26-25(30-15-14-29-20-8-6-5-7-9-20)27(24(22)28)16-19-12-10-17(2)11-13-19/h5-13H,4,14-16H2,1-3H3. The topological polar surface area (TPSA) is 44.1 Å². The summed E-state index contributed by atoms with van der Waals surface area (Å²) in [5.74, 6) is 1.57. The summed E-state index contributed by atoms with van der Waals surface area (Å²) in [6.07, 6.45) is 0.914. The maximum Gasteiger partial charge on any atom is 0.263 e. The molecule has 160 valence electrons. The molecule has 4 nitrogen and oxygen atoms in total. The van der Waals surface area contributed by atoms with E-state index in [0.717, 1.165) is 38.7 Å². The van der Waals surface area contributed by atoms with Gasteiger partial charge in [-0.3, -0.25) is 9.36 Å². The lowest BCUT2D eigenvalue weighted by Gasteiger charge is -2.13. The van der Waals surface area contributed by atoms with E-state index in [9.17, 15) is 4.79 Å². The van der Waals surface area contributed by atoms with Crippen LogP contribution in [0.5, 0.6) is 5.75 Å². The lowest BCUT2D eigenvalue weighted by Crippen LogP contribution is -2.24. The van der Waals surface area contributed by atoms with E-state index < -0.39 is 0 Å². The molecule has 4 aromatic rings. The van der Waals surface area contributed by atoms with Gasteiger partial charge in [0, 0.05) is 10.6 Å². The first kappa shape index (κ1) is 21.7. The van der Waals surface area contributed by atoms with Crippen LogP contribution in [0, 0.1) is 13.8 Å². The van der Waals surface area contributed by atoms with E-state index in [-0.39, 0.29) is 5.56 Å². The third-order valence-electron chi connectivity index (χ3n) is 5.22. The molecule has 0 saturated heterocycles.